The second kappa shape index (κ2) is 10.3. The number of aromatic nitrogens is 1. The van der Waals surface area contributed by atoms with Crippen LogP contribution < -0.4 is 9.47 Å². The van der Waals surface area contributed by atoms with Gasteiger partial charge in [-0.1, -0.05) is 18.2 Å². The van der Waals surface area contributed by atoms with Crippen molar-refractivity contribution in [3.8, 4) is 11.5 Å². The summed E-state index contributed by atoms with van der Waals surface area (Å²) in [5, 5.41) is 0. The molecule has 0 aliphatic carbocycles. The van der Waals surface area contributed by atoms with Crippen LogP contribution in [0.25, 0.3) is 0 Å². The molecular weight excluding hydrogens is 382 g/mol. The molecule has 1 aromatic carbocycles. The number of ether oxygens (including phenoxy) is 4. The van der Waals surface area contributed by atoms with E-state index in [1.54, 1.807) is 33.4 Å². The summed E-state index contributed by atoms with van der Waals surface area (Å²) < 4.78 is 22.6. The average molecular weight is 411 g/mol. The van der Waals surface area contributed by atoms with Crippen molar-refractivity contribution in [3.05, 3.63) is 65.5 Å². The molecule has 0 N–H and O–H groups in total. The van der Waals surface area contributed by atoms with Crippen LogP contribution in [-0.2, 0) is 20.7 Å². The molecule has 0 radical (unpaired) electrons. The number of hydrogen-bond acceptors (Lipinski definition) is 6. The van der Waals surface area contributed by atoms with Crippen molar-refractivity contribution in [2.75, 3.05) is 27.4 Å². The van der Waals surface area contributed by atoms with Gasteiger partial charge >= 0.3 is 5.97 Å². The molecule has 0 saturated carbocycles. The van der Waals surface area contributed by atoms with Gasteiger partial charge in [-0.3, -0.25) is 4.98 Å². The minimum Gasteiger partial charge on any atom is -0.493 e. The van der Waals surface area contributed by atoms with Gasteiger partial charge in [-0.2, -0.15) is 0 Å². The Balaban J connectivity index is 1.84. The second-order valence-electron chi connectivity index (χ2n) is 7.39. The number of benzene rings is 1. The fraction of sp³-hybridized carbons (Fsp3) is 0.417. The number of hydrogen-bond donors (Lipinski definition) is 0. The van der Waals surface area contributed by atoms with E-state index in [2.05, 4.69) is 4.98 Å². The molecule has 2 aromatic rings. The molecule has 6 heteroatoms. The maximum Gasteiger partial charge on any atom is 0.333 e. The summed E-state index contributed by atoms with van der Waals surface area (Å²) in [6.07, 6.45) is 4.10. The number of allylic oxidation sites excluding steroid dienone is 1. The van der Waals surface area contributed by atoms with E-state index in [0.29, 0.717) is 23.7 Å². The molecule has 1 aromatic heterocycles. The number of rotatable bonds is 8. The first-order chi connectivity index (χ1) is 14.6. The van der Waals surface area contributed by atoms with Crippen LogP contribution in [0, 0.1) is 11.8 Å². The molecule has 1 saturated heterocycles. The largest absolute Gasteiger partial charge is 0.493 e. The summed E-state index contributed by atoms with van der Waals surface area (Å²) in [5.74, 6) is 1.19. The van der Waals surface area contributed by atoms with Gasteiger partial charge in [-0.15, -0.1) is 0 Å². The highest BCUT2D eigenvalue weighted by molar-refractivity contribution is 5.87. The first kappa shape index (κ1) is 21.8. The predicted molar refractivity (Wildman–Crippen MR) is 114 cm³/mol. The van der Waals surface area contributed by atoms with Gasteiger partial charge in [0.05, 0.1) is 33.5 Å². The molecule has 0 unspecified atom stereocenters. The summed E-state index contributed by atoms with van der Waals surface area (Å²) in [6, 6.07) is 11.7. The van der Waals surface area contributed by atoms with Crippen LogP contribution in [0.3, 0.4) is 0 Å². The second-order valence-corrected chi connectivity index (χ2v) is 7.39. The molecule has 0 amide bonds. The maximum absolute atomic E-state index is 12.2. The van der Waals surface area contributed by atoms with Crippen molar-refractivity contribution in [1.29, 1.82) is 0 Å². The lowest BCUT2D eigenvalue weighted by molar-refractivity contribution is -0.141. The topological polar surface area (TPSA) is 66.9 Å². The van der Waals surface area contributed by atoms with Gasteiger partial charge in [0, 0.05) is 23.4 Å². The summed E-state index contributed by atoms with van der Waals surface area (Å²) in [5.41, 5.74) is 2.57. The van der Waals surface area contributed by atoms with Crippen LogP contribution in [0.4, 0.5) is 0 Å². The number of carbonyl (C=O) groups excluding carboxylic acids is 1. The summed E-state index contributed by atoms with van der Waals surface area (Å²) in [6.45, 7) is 4.43. The smallest absolute Gasteiger partial charge is 0.333 e. The third-order valence-corrected chi connectivity index (χ3v) is 5.58. The zero-order valence-electron chi connectivity index (χ0n) is 18.0. The highest BCUT2D eigenvalue weighted by Crippen LogP contribution is 2.42. The lowest BCUT2D eigenvalue weighted by Crippen LogP contribution is -2.25. The van der Waals surface area contributed by atoms with Gasteiger partial charge in [-0.05, 0) is 56.0 Å². The number of methoxy groups -OCH3 is 2. The lowest BCUT2D eigenvalue weighted by Gasteiger charge is -2.23. The van der Waals surface area contributed by atoms with Crippen molar-refractivity contribution in [3.63, 3.8) is 0 Å². The molecule has 1 aliphatic heterocycles. The molecule has 1 fully saturated rings. The van der Waals surface area contributed by atoms with Crippen LogP contribution in [-0.4, -0.2) is 38.4 Å². The van der Waals surface area contributed by atoms with Crippen molar-refractivity contribution in [1.82, 2.24) is 4.98 Å². The Labute approximate surface area is 177 Å². The molecule has 6 nitrogen and oxygen atoms in total. The Hall–Kier alpha value is -2.86. The molecule has 30 heavy (non-hydrogen) atoms. The number of carbonyl (C=O) groups is 1. The van der Waals surface area contributed by atoms with Gasteiger partial charge in [-0.25, -0.2) is 4.79 Å². The summed E-state index contributed by atoms with van der Waals surface area (Å²) in [7, 11) is 3.22. The molecule has 2 heterocycles. The SMILES string of the molecule is C/C=C(/C)C(=O)OC[C@H]1[C@@H](Cc2ccccn2)CO[C@@H]1c1ccc(OC)c(OC)c1. The van der Waals surface area contributed by atoms with E-state index < -0.39 is 0 Å². The molecule has 3 rings (SSSR count). The summed E-state index contributed by atoms with van der Waals surface area (Å²) in [4.78, 5) is 16.7. The van der Waals surface area contributed by atoms with E-state index >= 15 is 0 Å². The Morgan fingerprint density at radius 3 is 2.67 bits per heavy atom. The molecular formula is C24H29NO5. The fourth-order valence-electron chi connectivity index (χ4n) is 3.72. The number of esters is 1. The van der Waals surface area contributed by atoms with E-state index in [0.717, 1.165) is 17.7 Å². The minimum atomic E-state index is -0.299. The first-order valence-corrected chi connectivity index (χ1v) is 10.1. The standard InChI is InChI=1S/C24H29NO5/c1-5-16(2)24(26)30-15-20-18(12-19-8-6-7-11-25-19)14-29-23(20)17-9-10-21(27-3)22(13-17)28-4/h5-11,13,18,20,23H,12,14-15H2,1-4H3/b16-5-/t18-,20-,23+/m0/s1. The third kappa shape index (κ3) is 5.00. The monoisotopic (exact) mass is 411 g/mol. The average Bonchev–Trinajstić information content (AvgIpc) is 3.19. The Morgan fingerprint density at radius 2 is 2.00 bits per heavy atom. The van der Waals surface area contributed by atoms with E-state index in [4.69, 9.17) is 18.9 Å². The molecule has 3 atom stereocenters. The zero-order valence-corrected chi connectivity index (χ0v) is 18.0. The normalized spacial score (nSPS) is 21.3. The van der Waals surface area contributed by atoms with E-state index in [1.165, 1.54) is 0 Å². The lowest BCUT2D eigenvalue weighted by atomic mass is 9.85. The van der Waals surface area contributed by atoms with Crippen LogP contribution in [0.2, 0.25) is 0 Å². The van der Waals surface area contributed by atoms with Crippen molar-refractivity contribution >= 4 is 5.97 Å². The number of pyridine rings is 1. The predicted octanol–water partition coefficient (Wildman–Crippen LogP) is 4.15. The molecule has 0 bridgehead atoms. The Kier molecular flexibility index (Phi) is 7.46. The van der Waals surface area contributed by atoms with Gasteiger partial charge in [0.1, 0.15) is 0 Å². The van der Waals surface area contributed by atoms with Gasteiger partial charge in [0.2, 0.25) is 0 Å². The molecule has 1 aliphatic rings. The quantitative estimate of drug-likeness (QED) is 0.480. The van der Waals surface area contributed by atoms with Crippen molar-refractivity contribution in [2.24, 2.45) is 11.8 Å². The number of nitrogens with zero attached hydrogens (tertiary/aromatic N) is 1. The van der Waals surface area contributed by atoms with Gasteiger partial charge < -0.3 is 18.9 Å². The third-order valence-electron chi connectivity index (χ3n) is 5.58. The molecule has 160 valence electrons. The first-order valence-electron chi connectivity index (χ1n) is 10.1. The summed E-state index contributed by atoms with van der Waals surface area (Å²) >= 11 is 0. The van der Waals surface area contributed by atoms with Crippen LogP contribution in [0.5, 0.6) is 11.5 Å². The molecule has 0 spiro atoms. The van der Waals surface area contributed by atoms with Crippen molar-refractivity contribution in [2.45, 2.75) is 26.4 Å². The zero-order chi connectivity index (χ0) is 21.5. The van der Waals surface area contributed by atoms with Crippen LogP contribution in [0.15, 0.2) is 54.2 Å². The van der Waals surface area contributed by atoms with Gasteiger partial charge in [0.15, 0.2) is 11.5 Å². The Bertz CT molecular complexity index is 880. The van der Waals surface area contributed by atoms with E-state index in [-0.39, 0.29) is 30.5 Å². The maximum atomic E-state index is 12.2. The fourth-order valence-corrected chi connectivity index (χ4v) is 3.72. The van der Waals surface area contributed by atoms with Crippen molar-refractivity contribution < 1.29 is 23.7 Å². The van der Waals surface area contributed by atoms with Gasteiger partial charge in [0.25, 0.3) is 0 Å². The van der Waals surface area contributed by atoms with E-state index in [1.807, 2.05) is 43.3 Å². The highest BCUT2D eigenvalue weighted by Gasteiger charge is 2.39. The highest BCUT2D eigenvalue weighted by atomic mass is 16.5. The van der Waals surface area contributed by atoms with Crippen LogP contribution in [0.1, 0.15) is 31.2 Å². The Morgan fingerprint density at radius 1 is 1.20 bits per heavy atom. The van der Waals surface area contributed by atoms with E-state index in [9.17, 15) is 4.79 Å². The minimum absolute atomic E-state index is 0.00119. The van der Waals surface area contributed by atoms with Crippen LogP contribution >= 0.6 is 0 Å².